The van der Waals surface area contributed by atoms with E-state index in [1.165, 1.54) is 23.7 Å². The van der Waals surface area contributed by atoms with Crippen molar-refractivity contribution in [2.45, 2.75) is 6.92 Å². The lowest BCUT2D eigenvalue weighted by Crippen LogP contribution is -2.03. The van der Waals surface area contributed by atoms with Crippen molar-refractivity contribution in [2.75, 3.05) is 5.73 Å². The maximum Gasteiger partial charge on any atom is 0.159 e. The Hall–Kier alpha value is -3.02. The maximum atomic E-state index is 13.0. The monoisotopic (exact) mass is 296 g/mol. The zero-order valence-electron chi connectivity index (χ0n) is 11.8. The van der Waals surface area contributed by atoms with Gasteiger partial charge in [0.1, 0.15) is 11.5 Å². The van der Waals surface area contributed by atoms with Crippen molar-refractivity contribution in [1.29, 1.82) is 0 Å². The predicted octanol–water partition coefficient (Wildman–Crippen LogP) is 2.86. The summed E-state index contributed by atoms with van der Waals surface area (Å²) in [4.78, 5) is 11.3. The summed E-state index contributed by atoms with van der Waals surface area (Å²) < 4.78 is 14.5. The zero-order valence-corrected chi connectivity index (χ0v) is 11.8. The van der Waals surface area contributed by atoms with E-state index in [1.807, 2.05) is 0 Å². The normalized spacial score (nSPS) is 10.6. The molecule has 22 heavy (non-hydrogen) atoms. The van der Waals surface area contributed by atoms with Gasteiger partial charge in [-0.05, 0) is 55.5 Å². The van der Waals surface area contributed by atoms with Crippen LogP contribution in [0, 0.1) is 5.82 Å². The summed E-state index contributed by atoms with van der Waals surface area (Å²) in [5.74, 6) is 0.0156. The number of carbonyl (C=O) groups excluding carboxylic acids is 1. The first kappa shape index (κ1) is 13.9. The molecule has 0 radical (unpaired) electrons. The van der Waals surface area contributed by atoms with Gasteiger partial charge in [-0.15, -0.1) is 5.10 Å². The van der Waals surface area contributed by atoms with Gasteiger partial charge in [0.25, 0.3) is 0 Å². The van der Waals surface area contributed by atoms with Gasteiger partial charge in [-0.3, -0.25) is 4.79 Å². The molecule has 2 N–H and O–H groups in total. The van der Waals surface area contributed by atoms with E-state index < -0.39 is 0 Å². The number of rotatable bonds is 3. The minimum absolute atomic E-state index is 0.00915. The molecule has 0 fully saturated rings. The summed E-state index contributed by atoms with van der Waals surface area (Å²) in [7, 11) is 0. The molecule has 5 nitrogen and oxygen atoms in total. The van der Waals surface area contributed by atoms with Crippen LogP contribution in [-0.4, -0.2) is 20.8 Å². The number of benzene rings is 2. The van der Waals surface area contributed by atoms with Gasteiger partial charge in [0.05, 0.1) is 5.69 Å². The van der Waals surface area contributed by atoms with Crippen molar-refractivity contribution < 1.29 is 9.18 Å². The van der Waals surface area contributed by atoms with Crippen LogP contribution in [-0.2, 0) is 0 Å². The molecule has 110 valence electrons. The quantitative estimate of drug-likeness (QED) is 0.754. The fraction of sp³-hybridized carbons (Fsp3) is 0.0625. The van der Waals surface area contributed by atoms with Gasteiger partial charge in [-0.2, -0.15) is 4.68 Å². The second-order valence-corrected chi connectivity index (χ2v) is 4.85. The van der Waals surface area contributed by atoms with E-state index in [2.05, 4.69) is 10.3 Å². The van der Waals surface area contributed by atoms with Crippen molar-refractivity contribution in [2.24, 2.45) is 0 Å². The van der Waals surface area contributed by atoms with E-state index in [9.17, 15) is 9.18 Å². The standard InChI is InChI=1S/C16H13FN4O/c1-10(22)11-4-8-14(9-5-11)21-16(18)15(19-20-21)12-2-6-13(17)7-3-12/h2-9H,18H2,1H3. The second-order valence-electron chi connectivity index (χ2n) is 4.85. The highest BCUT2D eigenvalue weighted by Crippen LogP contribution is 2.25. The number of anilines is 1. The van der Waals surface area contributed by atoms with E-state index >= 15 is 0 Å². The summed E-state index contributed by atoms with van der Waals surface area (Å²) in [5, 5.41) is 8.07. The first-order valence-electron chi connectivity index (χ1n) is 6.65. The van der Waals surface area contributed by atoms with Gasteiger partial charge in [-0.1, -0.05) is 5.21 Å². The van der Waals surface area contributed by atoms with Crippen LogP contribution in [0.4, 0.5) is 10.2 Å². The first-order valence-corrected chi connectivity index (χ1v) is 6.65. The van der Waals surface area contributed by atoms with Crippen LogP contribution in [0.5, 0.6) is 0 Å². The van der Waals surface area contributed by atoms with Crippen LogP contribution in [0.25, 0.3) is 16.9 Å². The topological polar surface area (TPSA) is 73.8 Å². The molecule has 0 saturated heterocycles. The van der Waals surface area contributed by atoms with E-state index in [4.69, 9.17) is 5.73 Å². The Balaban J connectivity index is 1.99. The van der Waals surface area contributed by atoms with Gasteiger partial charge in [0, 0.05) is 11.1 Å². The lowest BCUT2D eigenvalue weighted by molar-refractivity contribution is 0.101. The van der Waals surface area contributed by atoms with Gasteiger partial charge in [0.15, 0.2) is 11.6 Å². The Morgan fingerprint density at radius 3 is 2.32 bits per heavy atom. The van der Waals surface area contributed by atoms with Gasteiger partial charge >= 0.3 is 0 Å². The van der Waals surface area contributed by atoms with Crippen molar-refractivity contribution >= 4 is 11.6 Å². The van der Waals surface area contributed by atoms with Crippen molar-refractivity contribution in [3.05, 3.63) is 59.9 Å². The molecular formula is C16H13FN4O. The number of Topliss-reactive ketones (excluding diaryl/α,β-unsaturated/α-hetero) is 1. The summed E-state index contributed by atoms with van der Waals surface area (Å²) in [5.41, 5.74) is 8.56. The molecule has 0 aliphatic heterocycles. The highest BCUT2D eigenvalue weighted by Gasteiger charge is 2.13. The molecule has 6 heteroatoms. The van der Waals surface area contributed by atoms with Gasteiger partial charge < -0.3 is 5.73 Å². The fourth-order valence-electron chi connectivity index (χ4n) is 2.13. The third kappa shape index (κ3) is 2.46. The van der Waals surface area contributed by atoms with Crippen LogP contribution in [0.2, 0.25) is 0 Å². The molecule has 0 atom stereocenters. The molecule has 0 unspecified atom stereocenters. The van der Waals surface area contributed by atoms with Gasteiger partial charge in [-0.25, -0.2) is 4.39 Å². The zero-order chi connectivity index (χ0) is 15.7. The number of hydrogen-bond acceptors (Lipinski definition) is 4. The molecule has 1 aromatic heterocycles. The number of nitrogen functional groups attached to an aromatic ring is 1. The first-order chi connectivity index (χ1) is 10.6. The number of carbonyl (C=O) groups is 1. The van der Waals surface area contributed by atoms with Crippen molar-refractivity contribution in [3.8, 4) is 16.9 Å². The summed E-state index contributed by atoms with van der Waals surface area (Å²) in [6.45, 7) is 1.51. The smallest absolute Gasteiger partial charge is 0.159 e. The van der Waals surface area contributed by atoms with Crippen molar-refractivity contribution in [3.63, 3.8) is 0 Å². The molecule has 0 aliphatic rings. The highest BCUT2D eigenvalue weighted by atomic mass is 19.1. The summed E-state index contributed by atoms with van der Waals surface area (Å²) in [6.07, 6.45) is 0. The second kappa shape index (κ2) is 5.40. The lowest BCUT2D eigenvalue weighted by atomic mass is 10.1. The van der Waals surface area contributed by atoms with Crippen molar-refractivity contribution in [1.82, 2.24) is 15.0 Å². The number of nitrogens with two attached hydrogens (primary N) is 1. The Labute approximate surface area is 126 Å². The molecule has 0 aliphatic carbocycles. The average molecular weight is 296 g/mol. The van der Waals surface area contributed by atoms with Crippen LogP contribution >= 0.6 is 0 Å². The van der Waals surface area contributed by atoms with E-state index in [1.54, 1.807) is 36.4 Å². The Morgan fingerprint density at radius 2 is 1.73 bits per heavy atom. The highest BCUT2D eigenvalue weighted by molar-refractivity contribution is 5.94. The SMILES string of the molecule is CC(=O)c1ccc(-n2nnc(-c3ccc(F)cc3)c2N)cc1. The summed E-state index contributed by atoms with van der Waals surface area (Å²) >= 11 is 0. The third-order valence-electron chi connectivity index (χ3n) is 3.34. The number of halogens is 1. The van der Waals surface area contributed by atoms with Gasteiger partial charge in [0.2, 0.25) is 0 Å². The van der Waals surface area contributed by atoms with E-state index in [-0.39, 0.29) is 11.6 Å². The Morgan fingerprint density at radius 1 is 1.09 bits per heavy atom. The number of nitrogens with zero attached hydrogens (tertiary/aromatic N) is 3. The van der Waals surface area contributed by atoms with Crippen LogP contribution in [0.15, 0.2) is 48.5 Å². The van der Waals surface area contributed by atoms with E-state index in [0.717, 1.165) is 0 Å². The average Bonchev–Trinajstić information content (AvgIpc) is 2.90. The van der Waals surface area contributed by atoms with E-state index in [0.29, 0.717) is 28.3 Å². The number of aromatic nitrogens is 3. The molecule has 0 bridgehead atoms. The van der Waals surface area contributed by atoms with Crippen LogP contribution in [0.3, 0.4) is 0 Å². The third-order valence-corrected chi connectivity index (χ3v) is 3.34. The minimum Gasteiger partial charge on any atom is -0.382 e. The molecule has 0 saturated carbocycles. The Kier molecular flexibility index (Phi) is 3.42. The molecule has 3 aromatic rings. The maximum absolute atomic E-state index is 13.0. The van der Waals surface area contributed by atoms with Crippen LogP contribution in [0.1, 0.15) is 17.3 Å². The molecule has 2 aromatic carbocycles. The largest absolute Gasteiger partial charge is 0.382 e. The van der Waals surface area contributed by atoms with Crippen LogP contribution < -0.4 is 5.73 Å². The fourth-order valence-corrected chi connectivity index (χ4v) is 2.13. The number of hydrogen-bond donors (Lipinski definition) is 1. The molecule has 1 heterocycles. The Bertz CT molecular complexity index is 822. The lowest BCUT2D eigenvalue weighted by Gasteiger charge is -2.04. The number of ketones is 1. The molecular weight excluding hydrogens is 283 g/mol. The predicted molar refractivity (Wildman–Crippen MR) is 81.2 cm³/mol. The minimum atomic E-state index is -0.325. The molecule has 3 rings (SSSR count). The molecule has 0 amide bonds. The summed E-state index contributed by atoms with van der Waals surface area (Å²) in [6, 6.07) is 12.8. The molecule has 0 spiro atoms.